The quantitative estimate of drug-likeness (QED) is 0.158. The van der Waals surface area contributed by atoms with E-state index in [-0.39, 0.29) is 73.2 Å². The molecule has 5 atom stereocenters. The van der Waals surface area contributed by atoms with Crippen LogP contribution in [-0.4, -0.2) is 160 Å². The molecule has 0 radical (unpaired) electrons. The number of phenols is 1. The Morgan fingerprint density at radius 2 is 1.59 bits per heavy atom. The average molecular weight is 721 g/mol. The summed E-state index contributed by atoms with van der Waals surface area (Å²) in [5.74, 6) is -0.622. The molecule has 0 aliphatic carbocycles. The van der Waals surface area contributed by atoms with Gasteiger partial charge in [0.25, 0.3) is 0 Å². The number of carbonyl (C=O) groups excluding carboxylic acids is 2. The highest BCUT2D eigenvalue weighted by Gasteiger charge is 2.44. The summed E-state index contributed by atoms with van der Waals surface area (Å²) in [4.78, 5) is 32.3. The van der Waals surface area contributed by atoms with E-state index >= 15 is 0 Å². The van der Waals surface area contributed by atoms with Crippen molar-refractivity contribution in [1.82, 2.24) is 9.80 Å². The van der Waals surface area contributed by atoms with Crippen molar-refractivity contribution in [2.45, 2.75) is 57.4 Å². The van der Waals surface area contributed by atoms with Crippen LogP contribution in [-0.2, 0) is 36.6 Å². The summed E-state index contributed by atoms with van der Waals surface area (Å²) in [6, 6.07) is 5.95. The molecule has 0 saturated carbocycles. The number of aromatic hydroxyl groups is 1. The summed E-state index contributed by atoms with van der Waals surface area (Å²) in [6.45, 7) is 8.36. The van der Waals surface area contributed by atoms with Gasteiger partial charge in [-0.05, 0) is 42.7 Å². The molecule has 2 heterocycles. The second-order valence-electron chi connectivity index (χ2n) is 12.4. The number of methoxy groups -OCH3 is 3. The standard InChI is InChI=1S/C36H52N2O13/c1-6-24-25(20-30(40)38(12-14-45-3)13-15-46-4)31(29(21-26(24)39)51-36-35(44)34(43)32(41)22(2)50-36)33(42)23-7-8-27(28(19-23)47-5)49-18-11-37-9-16-48-17-10-37/h7-8,19,21-22,32,34-36,39,41,43-44H,6,9-18,20H2,1-5H3/t22-,32+,34+,35-,36-/m0/s1. The number of carbonyl (C=O) groups is 2. The summed E-state index contributed by atoms with van der Waals surface area (Å²) < 4.78 is 39.2. The van der Waals surface area contributed by atoms with E-state index in [1.165, 1.54) is 40.4 Å². The van der Waals surface area contributed by atoms with Gasteiger partial charge < -0.3 is 58.5 Å². The van der Waals surface area contributed by atoms with E-state index in [0.717, 1.165) is 13.1 Å². The van der Waals surface area contributed by atoms with Crippen LogP contribution in [0.25, 0.3) is 0 Å². The maximum Gasteiger partial charge on any atom is 0.229 e. The van der Waals surface area contributed by atoms with Gasteiger partial charge in [0.1, 0.15) is 36.4 Å². The van der Waals surface area contributed by atoms with Crippen molar-refractivity contribution in [2.24, 2.45) is 0 Å². The first-order valence-electron chi connectivity index (χ1n) is 17.2. The van der Waals surface area contributed by atoms with Gasteiger partial charge >= 0.3 is 0 Å². The molecule has 2 aromatic carbocycles. The van der Waals surface area contributed by atoms with Crippen LogP contribution in [0.3, 0.4) is 0 Å². The van der Waals surface area contributed by atoms with Gasteiger partial charge in [-0.3, -0.25) is 14.5 Å². The Labute approximate surface area is 298 Å². The highest BCUT2D eigenvalue weighted by molar-refractivity contribution is 6.13. The number of phenolic OH excluding ortho intramolecular Hbond substituents is 1. The first kappa shape index (κ1) is 40.2. The van der Waals surface area contributed by atoms with Gasteiger partial charge in [-0.25, -0.2) is 0 Å². The molecule has 0 spiro atoms. The van der Waals surface area contributed by atoms with Crippen molar-refractivity contribution in [2.75, 3.05) is 87.1 Å². The number of benzene rings is 2. The molecular weight excluding hydrogens is 668 g/mol. The third-order valence-electron chi connectivity index (χ3n) is 9.13. The SMILES string of the molecule is CCc1c(O)cc(O[C@@H]2O[C@@H](C)[C@@H](O)[C@@H](O)[C@@H]2O)c(C(=O)c2ccc(OCCN3CCOCC3)c(OC)c2)c1CC(=O)N(CCOC)CCOC. The first-order valence-corrected chi connectivity index (χ1v) is 17.2. The van der Waals surface area contributed by atoms with Gasteiger partial charge in [0.05, 0.1) is 51.6 Å². The zero-order valence-electron chi connectivity index (χ0n) is 30.0. The normalized spacial score (nSPS) is 22.4. The summed E-state index contributed by atoms with van der Waals surface area (Å²) in [6.07, 6.45) is -7.22. The molecule has 0 unspecified atom stereocenters. The molecule has 0 aromatic heterocycles. The van der Waals surface area contributed by atoms with Gasteiger partial charge in [-0.1, -0.05) is 6.92 Å². The lowest BCUT2D eigenvalue weighted by Crippen LogP contribution is -2.58. The molecule has 4 rings (SSSR count). The van der Waals surface area contributed by atoms with Crippen molar-refractivity contribution >= 4 is 11.7 Å². The number of ether oxygens (including phenoxy) is 7. The van der Waals surface area contributed by atoms with Gasteiger partial charge in [0.15, 0.2) is 17.3 Å². The fourth-order valence-electron chi connectivity index (χ4n) is 6.11. The highest BCUT2D eigenvalue weighted by Crippen LogP contribution is 2.39. The Balaban J connectivity index is 1.75. The maximum absolute atomic E-state index is 14.6. The van der Waals surface area contributed by atoms with E-state index in [1.807, 2.05) is 0 Å². The lowest BCUT2D eigenvalue weighted by Gasteiger charge is -2.39. The van der Waals surface area contributed by atoms with E-state index in [4.69, 9.17) is 33.2 Å². The molecule has 2 fully saturated rings. The zero-order valence-corrected chi connectivity index (χ0v) is 30.0. The van der Waals surface area contributed by atoms with E-state index in [1.54, 1.807) is 24.0 Å². The average Bonchev–Trinajstić information content (AvgIpc) is 3.13. The Morgan fingerprint density at radius 3 is 2.22 bits per heavy atom. The van der Waals surface area contributed by atoms with E-state index in [0.29, 0.717) is 43.4 Å². The predicted octanol–water partition coefficient (Wildman–Crippen LogP) is 0.775. The summed E-state index contributed by atoms with van der Waals surface area (Å²) >= 11 is 0. The molecule has 284 valence electrons. The lowest BCUT2D eigenvalue weighted by atomic mass is 9.89. The van der Waals surface area contributed by atoms with Crippen LogP contribution in [0.2, 0.25) is 0 Å². The number of morpholine rings is 1. The van der Waals surface area contributed by atoms with Crippen molar-refractivity contribution in [3.63, 3.8) is 0 Å². The van der Waals surface area contributed by atoms with E-state index < -0.39 is 36.5 Å². The molecule has 51 heavy (non-hydrogen) atoms. The van der Waals surface area contributed by atoms with Gasteiger partial charge in [0, 0.05) is 58.6 Å². The second kappa shape index (κ2) is 19.3. The molecule has 15 nitrogen and oxygen atoms in total. The third kappa shape index (κ3) is 10.1. The summed E-state index contributed by atoms with van der Waals surface area (Å²) in [5, 5.41) is 42.7. The lowest BCUT2D eigenvalue weighted by molar-refractivity contribution is -0.268. The molecule has 2 saturated heterocycles. The molecule has 2 aliphatic heterocycles. The molecule has 0 bridgehead atoms. The van der Waals surface area contributed by atoms with Crippen molar-refractivity contribution in [1.29, 1.82) is 0 Å². The zero-order chi connectivity index (χ0) is 37.1. The Morgan fingerprint density at radius 1 is 0.902 bits per heavy atom. The predicted molar refractivity (Wildman–Crippen MR) is 184 cm³/mol. The van der Waals surface area contributed by atoms with Crippen LogP contribution in [0, 0.1) is 0 Å². The number of aliphatic hydroxyl groups excluding tert-OH is 3. The number of nitrogens with zero attached hydrogens (tertiary/aromatic N) is 2. The maximum atomic E-state index is 14.6. The molecule has 2 aliphatic rings. The third-order valence-corrected chi connectivity index (χ3v) is 9.13. The van der Waals surface area contributed by atoms with E-state index in [9.17, 15) is 30.0 Å². The molecule has 1 amide bonds. The molecule has 2 aromatic rings. The topological polar surface area (TPSA) is 186 Å². The minimum atomic E-state index is -1.70. The fraction of sp³-hybridized carbons (Fsp3) is 0.611. The number of aliphatic hydroxyl groups is 3. The molecule has 4 N–H and O–H groups in total. The number of ketones is 1. The monoisotopic (exact) mass is 720 g/mol. The van der Waals surface area contributed by atoms with Crippen LogP contribution in [0.1, 0.15) is 40.9 Å². The van der Waals surface area contributed by atoms with Gasteiger partial charge in [0.2, 0.25) is 12.2 Å². The number of rotatable bonds is 18. The van der Waals surface area contributed by atoms with Crippen molar-refractivity contribution < 1.29 is 63.2 Å². The van der Waals surface area contributed by atoms with Crippen LogP contribution < -0.4 is 14.2 Å². The minimum absolute atomic E-state index is 0.0523. The highest BCUT2D eigenvalue weighted by atomic mass is 16.7. The largest absolute Gasteiger partial charge is 0.508 e. The Hall–Kier alpha value is -3.54. The molecule has 15 heteroatoms. The molecular formula is C36H52N2O13. The van der Waals surface area contributed by atoms with Crippen LogP contribution in [0.5, 0.6) is 23.0 Å². The smallest absolute Gasteiger partial charge is 0.229 e. The number of hydrogen-bond donors (Lipinski definition) is 4. The Kier molecular flexibility index (Phi) is 15.3. The van der Waals surface area contributed by atoms with Crippen molar-refractivity contribution in [3.05, 3.63) is 46.5 Å². The first-order chi connectivity index (χ1) is 24.5. The second-order valence-corrected chi connectivity index (χ2v) is 12.4. The van der Waals surface area contributed by atoms with Crippen LogP contribution in [0.15, 0.2) is 24.3 Å². The number of hydrogen-bond acceptors (Lipinski definition) is 14. The van der Waals surface area contributed by atoms with Gasteiger partial charge in [-0.15, -0.1) is 0 Å². The van der Waals surface area contributed by atoms with Crippen LogP contribution in [0.4, 0.5) is 0 Å². The Bertz CT molecular complexity index is 1440. The van der Waals surface area contributed by atoms with Gasteiger partial charge in [-0.2, -0.15) is 0 Å². The summed E-state index contributed by atoms with van der Waals surface area (Å²) in [5.41, 5.74) is 0.680. The minimum Gasteiger partial charge on any atom is -0.508 e. The van der Waals surface area contributed by atoms with Crippen molar-refractivity contribution in [3.8, 4) is 23.0 Å². The number of amides is 1. The fourth-order valence-corrected chi connectivity index (χ4v) is 6.11. The van der Waals surface area contributed by atoms with Crippen LogP contribution >= 0.6 is 0 Å². The summed E-state index contributed by atoms with van der Waals surface area (Å²) in [7, 11) is 4.51. The van der Waals surface area contributed by atoms with E-state index in [2.05, 4.69) is 4.90 Å².